The highest BCUT2D eigenvalue weighted by atomic mass is 16.3. The van der Waals surface area contributed by atoms with Crippen molar-refractivity contribution in [3.63, 3.8) is 0 Å². The van der Waals surface area contributed by atoms with Crippen LogP contribution in [0.4, 0.5) is 0 Å². The number of phenolic OH excluding ortho intramolecular Hbond substituents is 1. The standard InChI is InChI=1S/C28H23N3O2/c32-27(15-19-6-2-1-3-7-19)30-17-20-8-4-9-21(14-20)23-10-5-11-24(28(23)33)26-16-22-18-29-13-12-25(22)31-26/h1-14,16,18,31,33H,15,17H2,(H,30,32). The van der Waals surface area contributed by atoms with E-state index < -0.39 is 0 Å². The third-order valence-corrected chi connectivity index (χ3v) is 5.68. The average Bonchev–Trinajstić information content (AvgIpc) is 3.28. The van der Waals surface area contributed by atoms with Gasteiger partial charge in [-0.2, -0.15) is 0 Å². The Morgan fingerprint density at radius 2 is 1.67 bits per heavy atom. The minimum Gasteiger partial charge on any atom is -0.507 e. The van der Waals surface area contributed by atoms with E-state index in [1.54, 1.807) is 12.4 Å². The van der Waals surface area contributed by atoms with Gasteiger partial charge in [0.15, 0.2) is 0 Å². The van der Waals surface area contributed by atoms with Crippen LogP contribution in [-0.4, -0.2) is 21.0 Å². The zero-order valence-electron chi connectivity index (χ0n) is 18.0. The maximum atomic E-state index is 12.3. The summed E-state index contributed by atoms with van der Waals surface area (Å²) >= 11 is 0. The maximum absolute atomic E-state index is 12.3. The molecule has 0 saturated heterocycles. The van der Waals surface area contributed by atoms with Crippen molar-refractivity contribution in [2.24, 2.45) is 0 Å². The van der Waals surface area contributed by atoms with Crippen LogP contribution in [0.25, 0.3) is 33.3 Å². The van der Waals surface area contributed by atoms with Crippen LogP contribution in [0.15, 0.2) is 97.3 Å². The van der Waals surface area contributed by atoms with Crippen molar-refractivity contribution in [1.29, 1.82) is 0 Å². The fourth-order valence-electron chi connectivity index (χ4n) is 4.00. The summed E-state index contributed by atoms with van der Waals surface area (Å²) in [6, 6.07) is 27.2. The summed E-state index contributed by atoms with van der Waals surface area (Å²) in [6.45, 7) is 0.426. The molecule has 0 aliphatic carbocycles. The molecule has 0 aliphatic rings. The van der Waals surface area contributed by atoms with E-state index in [1.165, 1.54) is 0 Å². The summed E-state index contributed by atoms with van der Waals surface area (Å²) in [6.07, 6.45) is 3.89. The molecule has 5 aromatic rings. The number of H-pyrrole nitrogens is 1. The minimum atomic E-state index is -0.0234. The van der Waals surface area contributed by atoms with E-state index in [1.807, 2.05) is 84.9 Å². The number of aromatic hydroxyl groups is 1. The first-order chi connectivity index (χ1) is 16.2. The predicted molar refractivity (Wildman–Crippen MR) is 131 cm³/mol. The number of fused-ring (bicyclic) bond motifs is 1. The third kappa shape index (κ3) is 4.48. The molecule has 2 heterocycles. The Hall–Kier alpha value is -4.38. The Labute approximate surface area is 191 Å². The Balaban J connectivity index is 1.36. The van der Waals surface area contributed by atoms with Crippen LogP contribution >= 0.6 is 0 Å². The first kappa shape index (κ1) is 20.5. The number of aromatic amines is 1. The van der Waals surface area contributed by atoms with Crippen LogP contribution in [0.5, 0.6) is 5.75 Å². The predicted octanol–water partition coefficient (Wildman–Crippen LogP) is 5.46. The molecule has 162 valence electrons. The van der Waals surface area contributed by atoms with Gasteiger partial charge in [0.1, 0.15) is 5.75 Å². The van der Waals surface area contributed by atoms with E-state index in [0.717, 1.165) is 44.4 Å². The van der Waals surface area contributed by atoms with Crippen molar-refractivity contribution in [3.8, 4) is 28.1 Å². The summed E-state index contributed by atoms with van der Waals surface area (Å²) in [5.41, 5.74) is 6.11. The van der Waals surface area contributed by atoms with E-state index >= 15 is 0 Å². The molecule has 5 rings (SSSR count). The van der Waals surface area contributed by atoms with E-state index in [0.29, 0.717) is 13.0 Å². The van der Waals surface area contributed by atoms with Gasteiger partial charge in [0, 0.05) is 41.0 Å². The monoisotopic (exact) mass is 433 g/mol. The van der Waals surface area contributed by atoms with Crippen LogP contribution in [0.3, 0.4) is 0 Å². The Morgan fingerprint density at radius 3 is 2.52 bits per heavy atom. The zero-order chi connectivity index (χ0) is 22.6. The number of hydrogen-bond donors (Lipinski definition) is 3. The molecule has 1 amide bonds. The molecule has 0 atom stereocenters. The second kappa shape index (κ2) is 9.01. The first-order valence-corrected chi connectivity index (χ1v) is 10.8. The van der Waals surface area contributed by atoms with Crippen LogP contribution in [-0.2, 0) is 17.8 Å². The summed E-state index contributed by atoms with van der Waals surface area (Å²) in [7, 11) is 0. The molecular weight excluding hydrogens is 410 g/mol. The average molecular weight is 434 g/mol. The highest BCUT2D eigenvalue weighted by Gasteiger charge is 2.13. The number of carbonyl (C=O) groups is 1. The van der Waals surface area contributed by atoms with Crippen molar-refractivity contribution < 1.29 is 9.90 Å². The van der Waals surface area contributed by atoms with Crippen molar-refractivity contribution in [3.05, 3.63) is 108 Å². The molecule has 0 fully saturated rings. The Morgan fingerprint density at radius 1 is 0.879 bits per heavy atom. The summed E-state index contributed by atoms with van der Waals surface area (Å²) < 4.78 is 0. The fraction of sp³-hybridized carbons (Fsp3) is 0.0714. The first-order valence-electron chi connectivity index (χ1n) is 10.8. The summed E-state index contributed by atoms with van der Waals surface area (Å²) in [5.74, 6) is 0.187. The second-order valence-electron chi connectivity index (χ2n) is 7.99. The molecule has 33 heavy (non-hydrogen) atoms. The molecule has 0 aliphatic heterocycles. The van der Waals surface area contributed by atoms with Crippen molar-refractivity contribution in [1.82, 2.24) is 15.3 Å². The number of nitrogens with one attached hydrogen (secondary N) is 2. The van der Waals surface area contributed by atoms with Gasteiger partial charge < -0.3 is 15.4 Å². The van der Waals surface area contributed by atoms with Gasteiger partial charge in [-0.05, 0) is 41.0 Å². The molecule has 5 nitrogen and oxygen atoms in total. The van der Waals surface area contributed by atoms with Gasteiger partial charge in [-0.1, -0.05) is 60.7 Å². The molecule has 0 spiro atoms. The lowest BCUT2D eigenvalue weighted by Crippen LogP contribution is -2.24. The number of nitrogens with zero attached hydrogens (tertiary/aromatic N) is 1. The largest absolute Gasteiger partial charge is 0.507 e. The van der Waals surface area contributed by atoms with Gasteiger partial charge in [-0.25, -0.2) is 0 Å². The number of phenols is 1. The number of carbonyl (C=O) groups excluding carboxylic acids is 1. The molecule has 5 heteroatoms. The van der Waals surface area contributed by atoms with Crippen LogP contribution in [0, 0.1) is 0 Å². The lowest BCUT2D eigenvalue weighted by atomic mass is 9.98. The number of rotatable bonds is 6. The fourth-order valence-corrected chi connectivity index (χ4v) is 4.00. The lowest BCUT2D eigenvalue weighted by Gasteiger charge is -2.11. The maximum Gasteiger partial charge on any atom is 0.224 e. The van der Waals surface area contributed by atoms with Gasteiger partial charge in [0.25, 0.3) is 0 Å². The van der Waals surface area contributed by atoms with Gasteiger partial charge >= 0.3 is 0 Å². The van der Waals surface area contributed by atoms with E-state index in [2.05, 4.69) is 15.3 Å². The molecule has 0 unspecified atom stereocenters. The Kier molecular flexibility index (Phi) is 5.60. The molecule has 3 aromatic carbocycles. The number of aromatic nitrogens is 2. The molecule has 3 N–H and O–H groups in total. The van der Waals surface area contributed by atoms with Gasteiger partial charge in [0.05, 0.1) is 12.1 Å². The second-order valence-corrected chi connectivity index (χ2v) is 7.99. The number of pyridine rings is 1. The lowest BCUT2D eigenvalue weighted by molar-refractivity contribution is -0.120. The SMILES string of the molecule is O=C(Cc1ccccc1)NCc1cccc(-c2cccc(-c3cc4cnccc4[nH]3)c2O)c1. The summed E-state index contributed by atoms with van der Waals surface area (Å²) in [5, 5.41) is 15.1. The van der Waals surface area contributed by atoms with Crippen LogP contribution < -0.4 is 5.32 Å². The number of benzene rings is 3. The number of para-hydroxylation sites is 1. The van der Waals surface area contributed by atoms with Gasteiger partial charge in [0.2, 0.25) is 5.91 Å². The number of hydrogen-bond acceptors (Lipinski definition) is 3. The molecule has 0 bridgehead atoms. The van der Waals surface area contributed by atoms with Crippen molar-refractivity contribution >= 4 is 16.8 Å². The van der Waals surface area contributed by atoms with Gasteiger partial charge in [-0.15, -0.1) is 0 Å². The Bertz CT molecular complexity index is 1390. The topological polar surface area (TPSA) is 78.0 Å². The highest BCUT2D eigenvalue weighted by molar-refractivity contribution is 5.89. The van der Waals surface area contributed by atoms with E-state index in [4.69, 9.17) is 0 Å². The van der Waals surface area contributed by atoms with Crippen LogP contribution in [0.1, 0.15) is 11.1 Å². The van der Waals surface area contributed by atoms with Crippen molar-refractivity contribution in [2.45, 2.75) is 13.0 Å². The molecule has 2 aromatic heterocycles. The summed E-state index contributed by atoms with van der Waals surface area (Å²) in [4.78, 5) is 19.8. The third-order valence-electron chi connectivity index (χ3n) is 5.68. The molecular formula is C28H23N3O2. The van der Waals surface area contributed by atoms with Crippen LogP contribution in [0.2, 0.25) is 0 Å². The number of amides is 1. The quantitative estimate of drug-likeness (QED) is 0.333. The zero-order valence-corrected chi connectivity index (χ0v) is 18.0. The molecule has 0 radical (unpaired) electrons. The van der Waals surface area contributed by atoms with E-state index in [9.17, 15) is 9.90 Å². The van der Waals surface area contributed by atoms with Gasteiger partial charge in [-0.3, -0.25) is 9.78 Å². The normalized spacial score (nSPS) is 10.9. The smallest absolute Gasteiger partial charge is 0.224 e. The minimum absolute atomic E-state index is 0.0234. The highest BCUT2D eigenvalue weighted by Crippen LogP contribution is 2.38. The van der Waals surface area contributed by atoms with Crippen molar-refractivity contribution in [2.75, 3.05) is 0 Å². The van der Waals surface area contributed by atoms with E-state index in [-0.39, 0.29) is 11.7 Å². The molecule has 0 saturated carbocycles.